The molecule has 2 rings (SSSR count). The molecular weight excluding hydrogens is 248 g/mol. The van der Waals surface area contributed by atoms with Crippen molar-refractivity contribution in [3.05, 3.63) is 34.2 Å². The average molecular weight is 264 g/mol. The molecule has 0 atom stereocenters. The van der Waals surface area contributed by atoms with Crippen LogP contribution in [0.1, 0.15) is 17.4 Å². The van der Waals surface area contributed by atoms with Gasteiger partial charge in [0.15, 0.2) is 0 Å². The number of nitrogens with two attached hydrogens (primary N) is 1. The van der Waals surface area contributed by atoms with E-state index >= 15 is 0 Å². The summed E-state index contributed by atoms with van der Waals surface area (Å²) in [7, 11) is 0. The van der Waals surface area contributed by atoms with E-state index in [1.165, 1.54) is 15.1 Å². The van der Waals surface area contributed by atoms with Gasteiger partial charge in [-0.15, -0.1) is 11.3 Å². The van der Waals surface area contributed by atoms with Gasteiger partial charge in [0.2, 0.25) is 5.91 Å². The third kappa shape index (κ3) is 3.10. The fourth-order valence-electron chi connectivity index (χ4n) is 1.68. The quantitative estimate of drug-likeness (QED) is 0.857. The molecule has 1 amide bonds. The van der Waals surface area contributed by atoms with E-state index in [9.17, 15) is 4.79 Å². The second-order valence-electron chi connectivity index (χ2n) is 3.94. The monoisotopic (exact) mass is 264 g/mol. The van der Waals surface area contributed by atoms with Crippen molar-refractivity contribution in [3.8, 4) is 0 Å². The second kappa shape index (κ2) is 5.68. The number of hydrogen-bond acceptors (Lipinski definition) is 4. The third-order valence-electron chi connectivity index (χ3n) is 2.63. The number of carbonyl (C=O) groups is 1. The number of thiophene rings is 1. The van der Waals surface area contributed by atoms with Gasteiger partial charge in [-0.2, -0.15) is 5.10 Å². The molecule has 0 unspecified atom stereocenters. The van der Waals surface area contributed by atoms with E-state index in [1.54, 1.807) is 23.6 Å². The summed E-state index contributed by atoms with van der Waals surface area (Å²) >= 11 is 1.67. The Bertz CT molecular complexity index is 532. The lowest BCUT2D eigenvalue weighted by Gasteiger charge is -2.05. The first-order valence-electron chi connectivity index (χ1n) is 5.80. The summed E-state index contributed by atoms with van der Waals surface area (Å²) in [5.74, 6) is 0.364. The Labute approximate surface area is 110 Å². The van der Waals surface area contributed by atoms with Gasteiger partial charge in [-0.05, 0) is 29.5 Å². The van der Waals surface area contributed by atoms with Gasteiger partial charge < -0.3 is 11.1 Å². The number of rotatable bonds is 5. The van der Waals surface area contributed by atoms with Gasteiger partial charge in [0.1, 0.15) is 12.4 Å². The van der Waals surface area contributed by atoms with Crippen LogP contribution in [0, 0.1) is 0 Å². The van der Waals surface area contributed by atoms with Crippen LogP contribution in [0.5, 0.6) is 0 Å². The van der Waals surface area contributed by atoms with Crippen molar-refractivity contribution >= 4 is 23.1 Å². The standard InChI is InChI=1S/C12H16N4OS/c1-2-9-4-6-18-10(9)7-14-12(17)8-16-5-3-11(13)15-16/h3-6H,2,7-8H2,1H3,(H2,13,15)(H,14,17). The van der Waals surface area contributed by atoms with Crippen molar-refractivity contribution in [2.24, 2.45) is 0 Å². The average Bonchev–Trinajstić information content (AvgIpc) is 2.95. The number of nitrogens with zero attached hydrogens (tertiary/aromatic N) is 2. The number of aryl methyl sites for hydroxylation is 1. The highest BCUT2D eigenvalue weighted by molar-refractivity contribution is 7.10. The number of hydrogen-bond donors (Lipinski definition) is 2. The molecule has 0 fully saturated rings. The van der Waals surface area contributed by atoms with Gasteiger partial charge in [-0.25, -0.2) is 0 Å². The maximum Gasteiger partial charge on any atom is 0.242 e. The molecule has 0 saturated carbocycles. The van der Waals surface area contributed by atoms with Gasteiger partial charge in [-0.3, -0.25) is 9.48 Å². The van der Waals surface area contributed by atoms with Crippen LogP contribution in [0.3, 0.4) is 0 Å². The summed E-state index contributed by atoms with van der Waals surface area (Å²) in [6.07, 6.45) is 2.68. The molecule has 0 aromatic carbocycles. The van der Waals surface area contributed by atoms with Gasteiger partial charge in [0.05, 0.1) is 6.54 Å². The zero-order valence-electron chi connectivity index (χ0n) is 10.2. The molecule has 2 aromatic heterocycles. The predicted molar refractivity (Wildman–Crippen MR) is 72.2 cm³/mol. The van der Waals surface area contributed by atoms with Crippen molar-refractivity contribution in [2.45, 2.75) is 26.4 Å². The minimum Gasteiger partial charge on any atom is -0.382 e. The first-order chi connectivity index (χ1) is 8.69. The number of nitrogens with one attached hydrogen (secondary N) is 1. The summed E-state index contributed by atoms with van der Waals surface area (Å²) in [6.45, 7) is 2.89. The molecular formula is C12H16N4OS. The lowest BCUT2D eigenvalue weighted by atomic mass is 10.2. The molecule has 2 aromatic rings. The van der Waals surface area contributed by atoms with Crippen molar-refractivity contribution in [1.82, 2.24) is 15.1 Å². The highest BCUT2D eigenvalue weighted by Crippen LogP contribution is 2.16. The van der Waals surface area contributed by atoms with Crippen LogP contribution in [-0.4, -0.2) is 15.7 Å². The van der Waals surface area contributed by atoms with Crippen LogP contribution in [0.2, 0.25) is 0 Å². The van der Waals surface area contributed by atoms with Crippen LogP contribution in [0.25, 0.3) is 0 Å². The molecule has 5 nitrogen and oxygen atoms in total. The summed E-state index contributed by atoms with van der Waals surface area (Å²) in [6, 6.07) is 3.77. The Kier molecular flexibility index (Phi) is 3.99. The molecule has 0 aliphatic rings. The Morgan fingerprint density at radius 1 is 1.56 bits per heavy atom. The van der Waals surface area contributed by atoms with E-state index in [0.29, 0.717) is 12.4 Å². The molecule has 6 heteroatoms. The lowest BCUT2D eigenvalue weighted by molar-refractivity contribution is -0.122. The molecule has 2 heterocycles. The van der Waals surface area contributed by atoms with Crippen LogP contribution in [0.15, 0.2) is 23.7 Å². The minimum absolute atomic E-state index is 0.0615. The van der Waals surface area contributed by atoms with Gasteiger partial charge in [0, 0.05) is 11.1 Å². The zero-order valence-corrected chi connectivity index (χ0v) is 11.0. The second-order valence-corrected chi connectivity index (χ2v) is 4.94. The van der Waals surface area contributed by atoms with Crippen LogP contribution >= 0.6 is 11.3 Å². The number of aromatic nitrogens is 2. The Morgan fingerprint density at radius 2 is 2.39 bits per heavy atom. The zero-order chi connectivity index (χ0) is 13.0. The molecule has 0 aliphatic carbocycles. The molecule has 0 bridgehead atoms. The van der Waals surface area contributed by atoms with Crippen molar-refractivity contribution in [1.29, 1.82) is 0 Å². The molecule has 0 aliphatic heterocycles. The van der Waals surface area contributed by atoms with Crippen molar-refractivity contribution < 1.29 is 4.79 Å². The van der Waals surface area contributed by atoms with E-state index in [0.717, 1.165) is 6.42 Å². The molecule has 96 valence electrons. The molecule has 3 N–H and O–H groups in total. The number of carbonyl (C=O) groups excluding carboxylic acids is 1. The van der Waals surface area contributed by atoms with E-state index < -0.39 is 0 Å². The summed E-state index contributed by atoms with van der Waals surface area (Å²) in [5.41, 5.74) is 6.78. The van der Waals surface area contributed by atoms with Crippen LogP contribution < -0.4 is 11.1 Å². The number of amides is 1. The molecule has 0 radical (unpaired) electrons. The van der Waals surface area contributed by atoms with E-state index in [-0.39, 0.29) is 12.5 Å². The largest absolute Gasteiger partial charge is 0.382 e. The van der Waals surface area contributed by atoms with E-state index in [1.807, 2.05) is 0 Å². The van der Waals surface area contributed by atoms with Crippen molar-refractivity contribution in [3.63, 3.8) is 0 Å². The first kappa shape index (κ1) is 12.6. The van der Waals surface area contributed by atoms with Crippen LogP contribution in [-0.2, 0) is 24.3 Å². The molecule has 0 spiro atoms. The minimum atomic E-state index is -0.0615. The van der Waals surface area contributed by atoms with Gasteiger partial charge in [0.25, 0.3) is 0 Å². The number of anilines is 1. The van der Waals surface area contributed by atoms with Gasteiger partial charge >= 0.3 is 0 Å². The fourth-order valence-corrected chi connectivity index (χ4v) is 2.60. The van der Waals surface area contributed by atoms with E-state index in [4.69, 9.17) is 5.73 Å². The summed E-state index contributed by atoms with van der Waals surface area (Å²) in [4.78, 5) is 12.9. The Hall–Kier alpha value is -1.82. The topological polar surface area (TPSA) is 72.9 Å². The highest BCUT2D eigenvalue weighted by atomic mass is 32.1. The van der Waals surface area contributed by atoms with E-state index in [2.05, 4.69) is 28.8 Å². The smallest absolute Gasteiger partial charge is 0.242 e. The molecule has 0 saturated heterocycles. The lowest BCUT2D eigenvalue weighted by Crippen LogP contribution is -2.27. The first-order valence-corrected chi connectivity index (χ1v) is 6.68. The highest BCUT2D eigenvalue weighted by Gasteiger charge is 2.06. The summed E-state index contributed by atoms with van der Waals surface area (Å²) < 4.78 is 1.53. The summed E-state index contributed by atoms with van der Waals surface area (Å²) in [5, 5.41) is 8.90. The Balaban J connectivity index is 1.85. The van der Waals surface area contributed by atoms with Crippen molar-refractivity contribution in [2.75, 3.05) is 5.73 Å². The molecule has 18 heavy (non-hydrogen) atoms. The maximum absolute atomic E-state index is 11.7. The number of nitrogen functional groups attached to an aromatic ring is 1. The normalized spacial score (nSPS) is 10.5. The van der Waals surface area contributed by atoms with Gasteiger partial charge in [-0.1, -0.05) is 6.92 Å². The third-order valence-corrected chi connectivity index (χ3v) is 3.59. The SMILES string of the molecule is CCc1ccsc1CNC(=O)Cn1ccc(N)n1. The predicted octanol–water partition coefficient (Wildman–Crippen LogP) is 1.41. The fraction of sp³-hybridized carbons (Fsp3) is 0.333. The Morgan fingerprint density at radius 3 is 3.06 bits per heavy atom. The van der Waals surface area contributed by atoms with Crippen LogP contribution in [0.4, 0.5) is 5.82 Å². The maximum atomic E-state index is 11.7.